The molecule has 6 nitrogen and oxygen atoms in total. The topological polar surface area (TPSA) is 92.5 Å². The summed E-state index contributed by atoms with van der Waals surface area (Å²) in [5.41, 5.74) is 4.23. The van der Waals surface area contributed by atoms with E-state index in [0.717, 1.165) is 6.42 Å². The average Bonchev–Trinajstić information content (AvgIpc) is 2.99. The monoisotopic (exact) mass is 401 g/mol. The normalized spacial score (nSPS) is 19.7. The predicted octanol–water partition coefficient (Wildman–Crippen LogP) is 3.67. The molecule has 1 aliphatic heterocycles. The Hall–Kier alpha value is -2.38. The second kappa shape index (κ2) is 7.56. The van der Waals surface area contributed by atoms with Crippen molar-refractivity contribution in [2.45, 2.75) is 51.0 Å². The van der Waals surface area contributed by atoms with Gasteiger partial charge in [0.05, 0.1) is 4.90 Å². The van der Waals surface area contributed by atoms with Crippen molar-refractivity contribution in [3.05, 3.63) is 58.7 Å². The number of urea groups is 1. The van der Waals surface area contributed by atoms with Crippen LogP contribution in [0.1, 0.15) is 41.5 Å². The maximum absolute atomic E-state index is 12.9. The lowest BCUT2D eigenvalue weighted by Crippen LogP contribution is -2.37. The Kier molecular flexibility index (Phi) is 5.50. The minimum absolute atomic E-state index is 0.0805. The molecule has 7 heteroatoms. The van der Waals surface area contributed by atoms with Gasteiger partial charge in [0.15, 0.2) is 0 Å². The summed E-state index contributed by atoms with van der Waals surface area (Å²) in [6.07, 6.45) is 0.916. The molecule has 3 N–H and O–H groups in total. The number of aryl methyl sites for hydroxylation is 3. The number of primary sulfonamides is 1. The summed E-state index contributed by atoms with van der Waals surface area (Å²) in [5.74, 6) is 0.314. The Bertz CT molecular complexity index is 1000. The van der Waals surface area contributed by atoms with Crippen LogP contribution in [0.15, 0.2) is 41.3 Å². The van der Waals surface area contributed by atoms with Crippen molar-refractivity contribution in [1.82, 2.24) is 4.90 Å². The van der Waals surface area contributed by atoms with Gasteiger partial charge in [-0.1, -0.05) is 29.8 Å². The van der Waals surface area contributed by atoms with Gasteiger partial charge in [0.1, 0.15) is 0 Å². The number of rotatable bonds is 3. The van der Waals surface area contributed by atoms with E-state index < -0.39 is 10.0 Å². The SMILES string of the molecule is Cc1ccc(C2CC(C)N(C(=O)Nc3cc(C)c(S(N)(=O)=O)cc3C)C2)cc1. The fourth-order valence-corrected chi connectivity index (χ4v) is 4.66. The zero-order valence-electron chi connectivity index (χ0n) is 16.7. The van der Waals surface area contributed by atoms with Gasteiger partial charge in [0.25, 0.3) is 0 Å². The fourth-order valence-electron chi connectivity index (χ4n) is 3.81. The van der Waals surface area contributed by atoms with Gasteiger partial charge in [0, 0.05) is 24.2 Å². The molecule has 0 saturated carbocycles. The van der Waals surface area contributed by atoms with Gasteiger partial charge in [-0.25, -0.2) is 18.4 Å². The molecule has 0 aromatic heterocycles. The number of nitrogens with zero attached hydrogens (tertiary/aromatic N) is 1. The van der Waals surface area contributed by atoms with E-state index >= 15 is 0 Å². The predicted molar refractivity (Wildman–Crippen MR) is 111 cm³/mol. The molecule has 2 aromatic rings. The maximum atomic E-state index is 12.9. The number of hydrogen-bond acceptors (Lipinski definition) is 3. The first-order valence-corrected chi connectivity index (χ1v) is 10.9. The number of benzene rings is 2. The van der Waals surface area contributed by atoms with E-state index in [-0.39, 0.29) is 17.0 Å². The molecular weight excluding hydrogens is 374 g/mol. The first kappa shape index (κ1) is 20.4. The van der Waals surface area contributed by atoms with Crippen molar-refractivity contribution in [1.29, 1.82) is 0 Å². The van der Waals surface area contributed by atoms with Crippen LogP contribution in [0, 0.1) is 20.8 Å². The van der Waals surface area contributed by atoms with Gasteiger partial charge in [-0.2, -0.15) is 0 Å². The molecule has 2 amide bonds. The van der Waals surface area contributed by atoms with Crippen molar-refractivity contribution in [2.24, 2.45) is 5.14 Å². The molecule has 1 aliphatic rings. The molecule has 1 heterocycles. The molecule has 28 heavy (non-hydrogen) atoms. The van der Waals surface area contributed by atoms with E-state index in [1.54, 1.807) is 19.9 Å². The number of likely N-dealkylation sites (tertiary alicyclic amines) is 1. The Morgan fingerprint density at radius 1 is 1.11 bits per heavy atom. The third-order valence-electron chi connectivity index (χ3n) is 5.45. The van der Waals surface area contributed by atoms with E-state index in [9.17, 15) is 13.2 Å². The van der Waals surface area contributed by atoms with E-state index in [4.69, 9.17) is 5.14 Å². The van der Waals surface area contributed by atoms with Crippen molar-refractivity contribution >= 4 is 21.7 Å². The van der Waals surface area contributed by atoms with Gasteiger partial charge < -0.3 is 10.2 Å². The molecule has 0 radical (unpaired) electrons. The van der Waals surface area contributed by atoms with Crippen LogP contribution in [0.3, 0.4) is 0 Å². The lowest BCUT2D eigenvalue weighted by Gasteiger charge is -2.23. The highest BCUT2D eigenvalue weighted by atomic mass is 32.2. The highest BCUT2D eigenvalue weighted by Crippen LogP contribution is 2.32. The van der Waals surface area contributed by atoms with E-state index in [1.165, 1.54) is 17.2 Å². The highest BCUT2D eigenvalue weighted by Gasteiger charge is 2.33. The van der Waals surface area contributed by atoms with E-state index in [1.807, 2.05) is 4.90 Å². The fraction of sp³-hybridized carbons (Fsp3) is 0.381. The Labute approximate surface area is 166 Å². The number of amides is 2. The molecule has 0 bridgehead atoms. The Balaban J connectivity index is 1.76. The standard InChI is InChI=1S/C21H27N3O3S/c1-13-5-7-17(8-6-13)18-11-16(4)24(12-18)21(25)23-19-9-15(3)20(10-14(19)2)28(22,26)27/h5-10,16,18H,11-12H2,1-4H3,(H,23,25)(H2,22,26,27). The summed E-state index contributed by atoms with van der Waals surface area (Å²) in [6.45, 7) is 8.19. The van der Waals surface area contributed by atoms with Gasteiger partial charge in [-0.05, 0) is 62.9 Å². The number of hydrogen-bond donors (Lipinski definition) is 2. The smallest absolute Gasteiger partial charge is 0.321 e. The first-order chi connectivity index (χ1) is 13.1. The molecule has 1 saturated heterocycles. The van der Waals surface area contributed by atoms with Crippen molar-refractivity contribution in [3.8, 4) is 0 Å². The molecule has 3 rings (SSSR count). The van der Waals surface area contributed by atoms with Gasteiger partial charge in [0.2, 0.25) is 10.0 Å². The molecule has 2 atom stereocenters. The number of sulfonamides is 1. The number of carbonyl (C=O) groups excluding carboxylic acids is 1. The molecule has 2 unspecified atom stereocenters. The molecule has 0 spiro atoms. The second-order valence-corrected chi connectivity index (χ2v) is 9.28. The molecule has 1 fully saturated rings. The minimum Gasteiger partial charge on any atom is -0.321 e. The number of carbonyl (C=O) groups is 1. The second-order valence-electron chi connectivity index (χ2n) is 7.75. The quantitative estimate of drug-likeness (QED) is 0.822. The number of nitrogens with one attached hydrogen (secondary N) is 1. The van der Waals surface area contributed by atoms with Crippen LogP contribution in [0.2, 0.25) is 0 Å². The Morgan fingerprint density at radius 3 is 2.36 bits per heavy atom. The van der Waals surface area contributed by atoms with Gasteiger partial charge in [-0.15, -0.1) is 0 Å². The average molecular weight is 402 g/mol. The first-order valence-electron chi connectivity index (χ1n) is 9.34. The minimum atomic E-state index is -3.79. The van der Waals surface area contributed by atoms with Crippen molar-refractivity contribution in [2.75, 3.05) is 11.9 Å². The number of nitrogens with two attached hydrogens (primary N) is 1. The number of anilines is 1. The molecule has 0 aliphatic carbocycles. The summed E-state index contributed by atoms with van der Waals surface area (Å²) in [7, 11) is -3.79. The van der Waals surface area contributed by atoms with E-state index in [0.29, 0.717) is 29.3 Å². The molecular formula is C21H27N3O3S. The maximum Gasteiger partial charge on any atom is 0.322 e. The zero-order chi connectivity index (χ0) is 20.6. The van der Waals surface area contributed by atoms with Gasteiger partial charge in [-0.3, -0.25) is 0 Å². The van der Waals surface area contributed by atoms with Gasteiger partial charge >= 0.3 is 6.03 Å². The van der Waals surface area contributed by atoms with Crippen LogP contribution in [0.4, 0.5) is 10.5 Å². The van der Waals surface area contributed by atoms with Crippen LogP contribution < -0.4 is 10.5 Å². The highest BCUT2D eigenvalue weighted by molar-refractivity contribution is 7.89. The Morgan fingerprint density at radius 2 is 1.75 bits per heavy atom. The van der Waals surface area contributed by atoms with Crippen LogP contribution >= 0.6 is 0 Å². The van der Waals surface area contributed by atoms with Crippen LogP contribution in [-0.4, -0.2) is 31.9 Å². The van der Waals surface area contributed by atoms with Crippen molar-refractivity contribution < 1.29 is 13.2 Å². The lowest BCUT2D eigenvalue weighted by molar-refractivity contribution is 0.209. The van der Waals surface area contributed by atoms with Crippen LogP contribution in [0.5, 0.6) is 0 Å². The third kappa shape index (κ3) is 4.20. The molecule has 150 valence electrons. The third-order valence-corrected chi connectivity index (χ3v) is 6.51. The van der Waals surface area contributed by atoms with Crippen LogP contribution in [0.25, 0.3) is 0 Å². The summed E-state index contributed by atoms with van der Waals surface area (Å²) >= 11 is 0. The van der Waals surface area contributed by atoms with Crippen LogP contribution in [-0.2, 0) is 10.0 Å². The van der Waals surface area contributed by atoms with E-state index in [2.05, 4.69) is 43.4 Å². The summed E-state index contributed by atoms with van der Waals surface area (Å²) in [6, 6.07) is 11.6. The summed E-state index contributed by atoms with van der Waals surface area (Å²) < 4.78 is 23.3. The molecule has 2 aromatic carbocycles. The summed E-state index contributed by atoms with van der Waals surface area (Å²) in [5, 5.41) is 8.19. The zero-order valence-corrected chi connectivity index (χ0v) is 17.5. The lowest BCUT2D eigenvalue weighted by atomic mass is 9.96. The van der Waals surface area contributed by atoms with Crippen molar-refractivity contribution in [3.63, 3.8) is 0 Å². The largest absolute Gasteiger partial charge is 0.322 e. The summed E-state index contributed by atoms with van der Waals surface area (Å²) in [4.78, 5) is 14.8.